The monoisotopic (exact) mass is 313 g/mol. The number of para-hydroxylation sites is 1. The molecule has 1 N–H and O–H groups in total. The summed E-state index contributed by atoms with van der Waals surface area (Å²) >= 11 is 9.14. The van der Waals surface area contributed by atoms with E-state index in [1.54, 1.807) is 17.0 Å². The number of halogens is 2. The molecule has 1 amide bonds. The molecule has 0 spiro atoms. The largest absolute Gasteiger partial charge is 0.324 e. The number of hydrogen-bond acceptors (Lipinski definition) is 2. The molecule has 0 aliphatic carbocycles. The summed E-state index contributed by atoms with van der Waals surface area (Å²) in [5.74, 6) is -0.156. The van der Waals surface area contributed by atoms with Gasteiger partial charge in [-0.1, -0.05) is 12.1 Å². The van der Waals surface area contributed by atoms with Gasteiger partial charge in [-0.3, -0.25) is 4.79 Å². The van der Waals surface area contributed by atoms with Crippen molar-refractivity contribution in [2.45, 2.75) is 6.54 Å². The van der Waals surface area contributed by atoms with E-state index in [1.807, 2.05) is 24.3 Å². The average Bonchev–Trinajstić information content (AvgIpc) is 2.68. The lowest BCUT2D eigenvalue weighted by molar-refractivity contribution is -0.116. The number of amides is 1. The van der Waals surface area contributed by atoms with E-state index in [9.17, 15) is 4.79 Å². The topological polar surface area (TPSA) is 46.9 Å². The van der Waals surface area contributed by atoms with E-state index in [-0.39, 0.29) is 12.5 Å². The minimum Gasteiger partial charge on any atom is -0.324 e. The van der Waals surface area contributed by atoms with Crippen molar-refractivity contribution in [1.29, 1.82) is 0 Å². The Hall–Kier alpha value is -1.33. The summed E-state index contributed by atoms with van der Waals surface area (Å²) in [6.45, 7) is 0.139. The van der Waals surface area contributed by atoms with Crippen molar-refractivity contribution < 1.29 is 4.79 Å². The van der Waals surface area contributed by atoms with E-state index in [4.69, 9.17) is 11.6 Å². The van der Waals surface area contributed by atoms with Crippen molar-refractivity contribution in [3.8, 4) is 0 Å². The van der Waals surface area contributed by atoms with Crippen molar-refractivity contribution >= 4 is 39.1 Å². The Bertz CT molecular complexity index is 541. The van der Waals surface area contributed by atoms with Gasteiger partial charge in [0, 0.05) is 16.9 Å². The Morgan fingerprint density at radius 2 is 2.24 bits per heavy atom. The van der Waals surface area contributed by atoms with Crippen LogP contribution in [0, 0.1) is 0 Å². The van der Waals surface area contributed by atoms with Crippen LogP contribution in [0.5, 0.6) is 0 Å². The summed E-state index contributed by atoms with van der Waals surface area (Å²) in [6, 6.07) is 7.41. The van der Waals surface area contributed by atoms with Crippen LogP contribution in [0.15, 0.2) is 41.1 Å². The molecule has 0 saturated carbocycles. The first-order valence-electron chi connectivity index (χ1n) is 4.88. The first kappa shape index (κ1) is 12.1. The molecule has 17 heavy (non-hydrogen) atoms. The Morgan fingerprint density at radius 3 is 2.88 bits per heavy atom. The zero-order valence-electron chi connectivity index (χ0n) is 8.73. The van der Waals surface area contributed by atoms with E-state index >= 15 is 0 Å². The highest BCUT2D eigenvalue weighted by Gasteiger charge is 2.07. The van der Waals surface area contributed by atoms with Crippen LogP contribution in [0.2, 0.25) is 5.28 Å². The Balaban J connectivity index is 2.03. The molecule has 2 rings (SSSR count). The molecule has 0 aliphatic heterocycles. The maximum atomic E-state index is 11.7. The SMILES string of the molecule is O=C(Cn1ccnc1Cl)Nc1ccccc1Br. The molecule has 0 aliphatic rings. The minimum absolute atomic E-state index is 0.139. The lowest BCUT2D eigenvalue weighted by atomic mass is 10.3. The van der Waals surface area contributed by atoms with Gasteiger partial charge in [0.15, 0.2) is 0 Å². The van der Waals surface area contributed by atoms with Crippen molar-refractivity contribution in [1.82, 2.24) is 9.55 Å². The molecule has 4 nitrogen and oxygen atoms in total. The Morgan fingerprint density at radius 1 is 1.47 bits per heavy atom. The quantitative estimate of drug-likeness (QED) is 0.947. The molecule has 0 saturated heterocycles. The summed E-state index contributed by atoms with van der Waals surface area (Å²) in [4.78, 5) is 15.6. The predicted octanol–water partition coefficient (Wildman–Crippen LogP) is 2.94. The number of aromatic nitrogens is 2. The van der Waals surface area contributed by atoms with Crippen LogP contribution in [-0.4, -0.2) is 15.5 Å². The second kappa shape index (κ2) is 5.33. The first-order chi connectivity index (χ1) is 8.16. The average molecular weight is 315 g/mol. The standard InChI is InChI=1S/C11H9BrClN3O/c12-8-3-1-2-4-9(8)15-10(17)7-16-6-5-14-11(16)13/h1-6H,7H2,(H,15,17). The van der Waals surface area contributed by atoms with Crippen molar-refractivity contribution in [3.63, 3.8) is 0 Å². The first-order valence-corrected chi connectivity index (χ1v) is 6.05. The molecule has 0 atom stereocenters. The van der Waals surface area contributed by atoms with Crippen molar-refractivity contribution in [2.75, 3.05) is 5.32 Å². The minimum atomic E-state index is -0.156. The zero-order valence-corrected chi connectivity index (χ0v) is 11.1. The van der Waals surface area contributed by atoms with E-state index < -0.39 is 0 Å². The summed E-state index contributed by atoms with van der Waals surface area (Å²) in [7, 11) is 0. The fourth-order valence-corrected chi connectivity index (χ4v) is 1.89. The lowest BCUT2D eigenvalue weighted by Gasteiger charge is -2.07. The highest BCUT2D eigenvalue weighted by molar-refractivity contribution is 9.10. The van der Waals surface area contributed by atoms with Gasteiger partial charge in [-0.15, -0.1) is 0 Å². The summed E-state index contributed by atoms with van der Waals surface area (Å²) < 4.78 is 2.40. The second-order valence-corrected chi connectivity index (χ2v) is 4.54. The van der Waals surface area contributed by atoms with E-state index in [1.165, 1.54) is 0 Å². The van der Waals surface area contributed by atoms with Crippen LogP contribution >= 0.6 is 27.5 Å². The highest BCUT2D eigenvalue weighted by atomic mass is 79.9. The van der Waals surface area contributed by atoms with Gasteiger partial charge in [-0.25, -0.2) is 4.98 Å². The smallest absolute Gasteiger partial charge is 0.244 e. The number of nitrogens with zero attached hydrogens (tertiary/aromatic N) is 2. The molecule has 88 valence electrons. The maximum absolute atomic E-state index is 11.7. The zero-order chi connectivity index (χ0) is 12.3. The van der Waals surface area contributed by atoms with E-state index in [0.717, 1.165) is 10.2 Å². The van der Waals surface area contributed by atoms with Gasteiger partial charge in [0.25, 0.3) is 0 Å². The van der Waals surface area contributed by atoms with E-state index in [0.29, 0.717) is 5.28 Å². The second-order valence-electron chi connectivity index (χ2n) is 3.35. The van der Waals surface area contributed by atoms with Crippen molar-refractivity contribution in [2.24, 2.45) is 0 Å². The summed E-state index contributed by atoms with van der Waals surface area (Å²) in [6.07, 6.45) is 3.20. The van der Waals surface area contributed by atoms with Gasteiger partial charge in [-0.2, -0.15) is 0 Å². The Labute approximate surface area is 112 Å². The fourth-order valence-electron chi connectivity index (χ4n) is 1.34. The third-order valence-electron chi connectivity index (χ3n) is 2.13. The number of hydrogen-bond donors (Lipinski definition) is 1. The van der Waals surface area contributed by atoms with Crippen LogP contribution in [0.1, 0.15) is 0 Å². The number of carbonyl (C=O) groups is 1. The van der Waals surface area contributed by atoms with Gasteiger partial charge >= 0.3 is 0 Å². The maximum Gasteiger partial charge on any atom is 0.244 e. The summed E-state index contributed by atoms with van der Waals surface area (Å²) in [5.41, 5.74) is 0.730. The lowest BCUT2D eigenvalue weighted by Crippen LogP contribution is -2.18. The molecule has 0 fully saturated rings. The third kappa shape index (κ3) is 3.08. The molecule has 2 aromatic rings. The van der Waals surface area contributed by atoms with Crippen LogP contribution in [0.4, 0.5) is 5.69 Å². The van der Waals surface area contributed by atoms with Crippen LogP contribution in [0.25, 0.3) is 0 Å². The molecule has 0 bridgehead atoms. The number of carbonyl (C=O) groups excluding carboxylic acids is 1. The molecule has 0 unspecified atom stereocenters. The highest BCUT2D eigenvalue weighted by Crippen LogP contribution is 2.21. The molecule has 1 aromatic carbocycles. The van der Waals surface area contributed by atoms with Crippen LogP contribution in [0.3, 0.4) is 0 Å². The normalized spacial score (nSPS) is 10.2. The number of imidazole rings is 1. The fraction of sp³-hybridized carbons (Fsp3) is 0.0909. The number of nitrogens with one attached hydrogen (secondary N) is 1. The molecule has 0 radical (unpaired) electrons. The molecule has 6 heteroatoms. The van der Waals surface area contributed by atoms with Gasteiger partial charge in [0.1, 0.15) is 6.54 Å². The van der Waals surface area contributed by atoms with Crippen LogP contribution in [-0.2, 0) is 11.3 Å². The molecular weight excluding hydrogens is 305 g/mol. The predicted molar refractivity (Wildman–Crippen MR) is 70.0 cm³/mol. The van der Waals surface area contributed by atoms with Crippen molar-refractivity contribution in [3.05, 3.63) is 46.4 Å². The van der Waals surface area contributed by atoms with Gasteiger partial charge < -0.3 is 9.88 Å². The molecular formula is C11H9BrClN3O. The van der Waals surface area contributed by atoms with Gasteiger partial charge in [0.2, 0.25) is 11.2 Å². The Kier molecular flexibility index (Phi) is 3.81. The third-order valence-corrected chi connectivity index (χ3v) is 3.13. The molecule has 1 heterocycles. The number of benzene rings is 1. The molecule has 1 aromatic heterocycles. The van der Waals surface area contributed by atoms with Gasteiger partial charge in [-0.05, 0) is 39.7 Å². The number of rotatable bonds is 3. The van der Waals surface area contributed by atoms with Crippen LogP contribution < -0.4 is 5.32 Å². The number of anilines is 1. The van der Waals surface area contributed by atoms with E-state index in [2.05, 4.69) is 26.2 Å². The summed E-state index contributed by atoms with van der Waals surface area (Å²) in [5, 5.41) is 3.08. The van der Waals surface area contributed by atoms with Gasteiger partial charge in [0.05, 0.1) is 5.69 Å².